The van der Waals surface area contributed by atoms with E-state index in [0.717, 1.165) is 6.42 Å². The fourth-order valence-corrected chi connectivity index (χ4v) is 3.22. The molecule has 0 saturated heterocycles. The first-order valence-electron chi connectivity index (χ1n) is 7.39. The number of pyridine rings is 1. The molecule has 128 valence electrons. The molecule has 1 N–H and O–H groups in total. The van der Waals surface area contributed by atoms with Gasteiger partial charge in [0.05, 0.1) is 18.8 Å². The van der Waals surface area contributed by atoms with E-state index in [4.69, 9.17) is 14.6 Å². The van der Waals surface area contributed by atoms with E-state index in [-0.39, 0.29) is 5.56 Å². The highest BCUT2D eigenvalue weighted by Crippen LogP contribution is 2.37. The molecule has 1 aliphatic rings. The minimum absolute atomic E-state index is 0.237. The van der Waals surface area contributed by atoms with Crippen molar-refractivity contribution in [2.75, 3.05) is 20.3 Å². The third-order valence-electron chi connectivity index (χ3n) is 3.75. The van der Waals surface area contributed by atoms with Crippen molar-refractivity contribution in [3.63, 3.8) is 0 Å². The molecular weight excluding hydrogens is 382 g/mol. The van der Waals surface area contributed by atoms with Crippen LogP contribution in [0.25, 0.3) is 11.4 Å². The van der Waals surface area contributed by atoms with Crippen LogP contribution >= 0.6 is 15.9 Å². The van der Waals surface area contributed by atoms with Crippen molar-refractivity contribution in [2.24, 2.45) is 0 Å². The van der Waals surface area contributed by atoms with Crippen molar-refractivity contribution < 1.29 is 19.4 Å². The van der Waals surface area contributed by atoms with Gasteiger partial charge in [0.1, 0.15) is 15.7 Å². The van der Waals surface area contributed by atoms with Gasteiger partial charge in [-0.25, -0.2) is 4.79 Å². The summed E-state index contributed by atoms with van der Waals surface area (Å²) in [7, 11) is 1.63. The molecule has 0 unspecified atom stereocenters. The Labute approximate surface area is 145 Å². The second kappa shape index (κ2) is 6.78. The third-order valence-corrected chi connectivity index (χ3v) is 4.47. The first-order chi connectivity index (χ1) is 11.5. The van der Waals surface area contributed by atoms with Gasteiger partial charge in [-0.2, -0.15) is 0 Å². The van der Waals surface area contributed by atoms with E-state index in [1.54, 1.807) is 16.4 Å². The monoisotopic (exact) mass is 397 g/mol. The first-order valence-corrected chi connectivity index (χ1v) is 8.18. The quantitative estimate of drug-likeness (QED) is 0.743. The van der Waals surface area contributed by atoms with Crippen molar-refractivity contribution in [1.29, 1.82) is 0 Å². The van der Waals surface area contributed by atoms with E-state index in [9.17, 15) is 9.59 Å². The minimum Gasteiger partial charge on any atom is -0.477 e. The fourth-order valence-electron chi connectivity index (χ4n) is 2.62. The highest BCUT2D eigenvalue weighted by atomic mass is 79.9. The van der Waals surface area contributed by atoms with Crippen LogP contribution in [0.5, 0.6) is 5.88 Å². The number of carboxylic acid groups (broad SMARTS) is 1. The number of ether oxygens (including phenoxy) is 2. The summed E-state index contributed by atoms with van der Waals surface area (Å²) in [5, 5.41) is 13.5. The number of methoxy groups -OCH3 is 1. The largest absolute Gasteiger partial charge is 0.477 e. The van der Waals surface area contributed by atoms with Gasteiger partial charge in [-0.05, 0) is 15.9 Å². The summed E-state index contributed by atoms with van der Waals surface area (Å²) in [5.41, 5.74) is 0.552. The van der Waals surface area contributed by atoms with E-state index < -0.39 is 11.4 Å². The Kier molecular flexibility index (Phi) is 4.72. The van der Waals surface area contributed by atoms with Crippen LogP contribution in [0.1, 0.15) is 16.8 Å². The molecule has 0 aliphatic carbocycles. The second-order valence-corrected chi connectivity index (χ2v) is 6.11. The number of hydrogen-bond donors (Lipinski definition) is 1. The lowest BCUT2D eigenvalue weighted by Crippen LogP contribution is -2.24. The van der Waals surface area contributed by atoms with Crippen molar-refractivity contribution in [3.8, 4) is 17.3 Å². The molecule has 1 aliphatic heterocycles. The number of aromatic nitrogens is 3. The molecule has 0 fully saturated rings. The van der Waals surface area contributed by atoms with Gasteiger partial charge in [0.15, 0.2) is 5.43 Å². The van der Waals surface area contributed by atoms with Crippen LogP contribution in [0.3, 0.4) is 0 Å². The summed E-state index contributed by atoms with van der Waals surface area (Å²) < 4.78 is 14.8. The number of hydrogen-bond acceptors (Lipinski definition) is 5. The topological polar surface area (TPSA) is 95.6 Å². The first kappa shape index (κ1) is 16.7. The Morgan fingerprint density at radius 2 is 2.21 bits per heavy atom. The maximum Gasteiger partial charge on any atom is 0.341 e. The average molecular weight is 398 g/mol. The number of rotatable bonds is 6. The molecule has 24 heavy (non-hydrogen) atoms. The molecule has 9 heteroatoms. The van der Waals surface area contributed by atoms with Gasteiger partial charge in [0.2, 0.25) is 5.88 Å². The van der Waals surface area contributed by atoms with Gasteiger partial charge < -0.3 is 19.1 Å². The van der Waals surface area contributed by atoms with Crippen LogP contribution in [-0.4, -0.2) is 45.7 Å². The number of fused-ring (bicyclic) bond motifs is 3. The Bertz CT molecular complexity index is 842. The fraction of sp³-hybridized carbons (Fsp3) is 0.400. The van der Waals surface area contributed by atoms with Crippen molar-refractivity contribution in [3.05, 3.63) is 32.5 Å². The van der Waals surface area contributed by atoms with E-state index in [1.807, 2.05) is 0 Å². The molecule has 0 aromatic carbocycles. The van der Waals surface area contributed by atoms with Crippen molar-refractivity contribution >= 4 is 21.9 Å². The van der Waals surface area contributed by atoms with Crippen LogP contribution in [0.4, 0.5) is 0 Å². The van der Waals surface area contributed by atoms with Crippen molar-refractivity contribution in [2.45, 2.75) is 19.5 Å². The smallest absolute Gasteiger partial charge is 0.341 e. The second-order valence-electron chi connectivity index (χ2n) is 5.32. The average Bonchev–Trinajstić information content (AvgIpc) is 2.87. The normalized spacial score (nSPS) is 12.6. The number of halogens is 1. The van der Waals surface area contributed by atoms with Crippen LogP contribution in [-0.2, 0) is 17.8 Å². The molecule has 3 rings (SSSR count). The molecule has 3 heterocycles. The Morgan fingerprint density at radius 3 is 2.92 bits per heavy atom. The molecule has 0 spiro atoms. The SMILES string of the molecule is COCCCOc1nn2c(c1Br)-c1cc(=O)c(C(=O)O)cn1CC2. The highest BCUT2D eigenvalue weighted by molar-refractivity contribution is 9.10. The lowest BCUT2D eigenvalue weighted by Gasteiger charge is -2.20. The predicted octanol–water partition coefficient (Wildman–Crippen LogP) is 1.60. The lowest BCUT2D eigenvalue weighted by molar-refractivity contribution is 0.0694. The maximum atomic E-state index is 12.0. The summed E-state index contributed by atoms with van der Waals surface area (Å²) in [4.78, 5) is 23.1. The van der Waals surface area contributed by atoms with Crippen molar-refractivity contribution in [1.82, 2.24) is 14.3 Å². The molecule has 2 aromatic heterocycles. The van der Waals surface area contributed by atoms with E-state index >= 15 is 0 Å². The number of aromatic carboxylic acids is 1. The molecule has 0 saturated carbocycles. The Hall–Kier alpha value is -2.13. The standard InChI is InChI=1S/C15H16BrN3O5/c1-23-5-2-6-24-14-12(16)13-10-7-11(20)9(15(21)22)8-18(10)3-4-19(13)17-14/h7-8H,2-6H2,1H3,(H,21,22). The molecule has 2 aromatic rings. The summed E-state index contributed by atoms with van der Waals surface area (Å²) in [6.45, 7) is 2.15. The third kappa shape index (κ3) is 2.96. The van der Waals surface area contributed by atoms with Gasteiger partial charge >= 0.3 is 5.97 Å². The maximum absolute atomic E-state index is 12.0. The predicted molar refractivity (Wildman–Crippen MR) is 88.6 cm³/mol. The van der Waals surface area contributed by atoms with Crippen LogP contribution in [0, 0.1) is 0 Å². The van der Waals surface area contributed by atoms with Crippen LogP contribution in [0.2, 0.25) is 0 Å². The van der Waals surface area contributed by atoms with E-state index in [0.29, 0.717) is 48.0 Å². The minimum atomic E-state index is -1.23. The zero-order chi connectivity index (χ0) is 17.3. The molecule has 0 radical (unpaired) electrons. The number of aryl methyl sites for hydroxylation is 2. The van der Waals surface area contributed by atoms with Gasteiger partial charge in [-0.15, -0.1) is 5.10 Å². The van der Waals surface area contributed by atoms with Gasteiger partial charge in [-0.1, -0.05) is 0 Å². The molecule has 0 atom stereocenters. The van der Waals surface area contributed by atoms with Crippen LogP contribution in [0.15, 0.2) is 21.5 Å². The van der Waals surface area contributed by atoms with Gasteiger partial charge in [0, 0.05) is 38.9 Å². The number of nitrogens with zero attached hydrogens (tertiary/aromatic N) is 3. The zero-order valence-corrected chi connectivity index (χ0v) is 14.6. The number of carboxylic acids is 1. The van der Waals surface area contributed by atoms with Gasteiger partial charge in [0.25, 0.3) is 0 Å². The molecule has 0 bridgehead atoms. The number of carbonyl (C=O) groups is 1. The van der Waals surface area contributed by atoms with Gasteiger partial charge in [-0.3, -0.25) is 9.48 Å². The summed E-state index contributed by atoms with van der Waals surface area (Å²) in [6.07, 6.45) is 2.12. The summed E-state index contributed by atoms with van der Waals surface area (Å²) >= 11 is 3.48. The zero-order valence-electron chi connectivity index (χ0n) is 13.0. The molecule has 0 amide bonds. The highest BCUT2D eigenvalue weighted by Gasteiger charge is 2.25. The van der Waals surface area contributed by atoms with E-state index in [1.165, 1.54) is 12.3 Å². The molecular formula is C15H16BrN3O5. The molecule has 8 nitrogen and oxygen atoms in total. The summed E-state index contributed by atoms with van der Waals surface area (Å²) in [5.74, 6) is -0.778. The Balaban J connectivity index is 1.96. The van der Waals surface area contributed by atoms with Crippen LogP contribution < -0.4 is 10.2 Å². The lowest BCUT2D eigenvalue weighted by atomic mass is 10.1. The summed E-state index contributed by atoms with van der Waals surface area (Å²) in [6, 6.07) is 1.33. The van der Waals surface area contributed by atoms with E-state index in [2.05, 4.69) is 21.0 Å². The Morgan fingerprint density at radius 1 is 1.42 bits per heavy atom.